The molecule has 0 aliphatic carbocycles. The van der Waals surface area contributed by atoms with Crippen LogP contribution in [0, 0.1) is 0 Å². The third-order valence-corrected chi connectivity index (χ3v) is 1.05. The summed E-state index contributed by atoms with van der Waals surface area (Å²) < 4.78 is 0.821. The van der Waals surface area contributed by atoms with Crippen molar-refractivity contribution in [1.82, 2.24) is 0 Å². The van der Waals surface area contributed by atoms with Gasteiger partial charge in [0.15, 0.2) is 0 Å². The molecule has 6 heavy (non-hydrogen) atoms. The Morgan fingerprint density at radius 1 is 1.83 bits per heavy atom. The number of carbonyl (C=O) groups is 1. The van der Waals surface area contributed by atoms with Gasteiger partial charge in [-0.25, -0.2) is 0 Å². The number of carboxylic acid groups (broad SMARTS) is 1. The second-order valence-corrected chi connectivity index (χ2v) is 2.32. The summed E-state index contributed by atoms with van der Waals surface area (Å²) in [5.41, 5.74) is 0. The van der Waals surface area contributed by atoms with Crippen LogP contribution < -0.4 is 0 Å². The molecule has 0 aromatic heterocycles. The Morgan fingerprint density at radius 2 is 2.33 bits per heavy atom. The van der Waals surface area contributed by atoms with Crippen LogP contribution in [0.25, 0.3) is 0 Å². The van der Waals surface area contributed by atoms with Gasteiger partial charge in [-0.05, 0) is 0 Å². The van der Waals surface area contributed by atoms with Crippen LogP contribution in [0.3, 0.4) is 0 Å². The predicted molar refractivity (Wildman–Crippen MR) is 22.8 cm³/mol. The standard InChI is InChI=1S/C3H5O2.Sn/c1-2-3(4)5;/h1-2H2,(H,4,5);. The Hall–Kier alpha value is 0.269. The van der Waals surface area contributed by atoms with E-state index in [1.807, 2.05) is 0 Å². The molecule has 33 valence electrons. The summed E-state index contributed by atoms with van der Waals surface area (Å²) in [5.74, 6) is -0.688. The molecule has 0 bridgehead atoms. The Kier molecular flexibility index (Phi) is 3.61. The van der Waals surface area contributed by atoms with Crippen molar-refractivity contribution in [3.8, 4) is 0 Å². The van der Waals surface area contributed by atoms with Crippen LogP contribution in [-0.4, -0.2) is 33.6 Å². The molecule has 0 aliphatic rings. The van der Waals surface area contributed by atoms with Crippen molar-refractivity contribution in [3.05, 3.63) is 0 Å². The second kappa shape index (κ2) is 3.46. The molecule has 0 aromatic carbocycles. The topological polar surface area (TPSA) is 37.3 Å². The van der Waals surface area contributed by atoms with E-state index in [-0.39, 0.29) is 0 Å². The van der Waals surface area contributed by atoms with E-state index in [2.05, 4.69) is 0 Å². The molecule has 0 fully saturated rings. The minimum absolute atomic E-state index is 0.332. The van der Waals surface area contributed by atoms with E-state index >= 15 is 0 Å². The number of rotatable bonds is 2. The van der Waals surface area contributed by atoms with Gasteiger partial charge in [0.25, 0.3) is 0 Å². The summed E-state index contributed by atoms with van der Waals surface area (Å²) in [4.78, 5) is 9.61. The van der Waals surface area contributed by atoms with Gasteiger partial charge in [-0.15, -0.1) is 0 Å². The van der Waals surface area contributed by atoms with E-state index in [9.17, 15) is 4.79 Å². The average molecular weight is 192 g/mol. The zero-order valence-electron chi connectivity index (χ0n) is 3.27. The molecule has 0 aliphatic heterocycles. The molecule has 2 nitrogen and oxygen atoms in total. The van der Waals surface area contributed by atoms with E-state index in [4.69, 9.17) is 5.11 Å². The summed E-state index contributed by atoms with van der Waals surface area (Å²) >= 11 is 1.30. The first-order valence-corrected chi connectivity index (χ1v) is 3.65. The van der Waals surface area contributed by atoms with Crippen LogP contribution in [-0.2, 0) is 4.79 Å². The van der Waals surface area contributed by atoms with E-state index in [1.165, 1.54) is 22.5 Å². The second-order valence-electron chi connectivity index (χ2n) is 0.894. The molecule has 0 atom stereocenters. The first-order valence-electron chi connectivity index (χ1n) is 1.63. The molecule has 0 amide bonds. The van der Waals surface area contributed by atoms with Gasteiger partial charge in [0.1, 0.15) is 0 Å². The van der Waals surface area contributed by atoms with Gasteiger partial charge >= 0.3 is 49.3 Å². The maximum atomic E-state index is 9.61. The van der Waals surface area contributed by atoms with Crippen LogP contribution in [0.15, 0.2) is 0 Å². The van der Waals surface area contributed by atoms with Crippen molar-refractivity contribution in [2.45, 2.75) is 10.9 Å². The van der Waals surface area contributed by atoms with Crippen LogP contribution in [0.2, 0.25) is 4.44 Å². The third-order valence-electron chi connectivity index (χ3n) is 0.339. The fraction of sp³-hybridized carbons (Fsp3) is 0.667. The average Bonchev–Trinajstić information content (AvgIpc) is 1.35. The first-order chi connectivity index (χ1) is 2.77. The van der Waals surface area contributed by atoms with Gasteiger partial charge in [-0.1, -0.05) is 0 Å². The van der Waals surface area contributed by atoms with E-state index < -0.39 is 5.97 Å². The molecule has 0 aromatic rings. The van der Waals surface area contributed by atoms with E-state index in [0.717, 1.165) is 4.44 Å². The Balaban J connectivity index is 2.83. The van der Waals surface area contributed by atoms with E-state index in [0.29, 0.717) is 6.42 Å². The number of carboxylic acids is 1. The zero-order valence-corrected chi connectivity index (χ0v) is 6.12. The van der Waals surface area contributed by atoms with Gasteiger partial charge in [0, 0.05) is 0 Å². The first kappa shape index (κ1) is 6.27. The summed E-state index contributed by atoms with van der Waals surface area (Å²) in [6.45, 7) is 0. The molecular weight excluding hydrogens is 187 g/mol. The molecule has 0 unspecified atom stereocenters. The monoisotopic (exact) mass is 193 g/mol. The molecular formula is C3H5O2Sn. The van der Waals surface area contributed by atoms with E-state index in [1.54, 1.807) is 0 Å². The van der Waals surface area contributed by atoms with Crippen LogP contribution in [0.5, 0.6) is 0 Å². The molecule has 3 heteroatoms. The van der Waals surface area contributed by atoms with Crippen molar-refractivity contribution in [1.29, 1.82) is 0 Å². The normalized spacial score (nSPS) is 8.17. The molecule has 0 spiro atoms. The summed E-state index contributed by atoms with van der Waals surface area (Å²) in [6.07, 6.45) is 0.332. The van der Waals surface area contributed by atoms with Gasteiger partial charge in [0.2, 0.25) is 0 Å². The summed E-state index contributed by atoms with van der Waals surface area (Å²) in [6, 6.07) is 0. The number of hydrogen-bond acceptors (Lipinski definition) is 1. The van der Waals surface area contributed by atoms with Crippen molar-refractivity contribution in [2.24, 2.45) is 0 Å². The fourth-order valence-corrected chi connectivity index (χ4v) is 0.717. The van der Waals surface area contributed by atoms with Crippen LogP contribution in [0.4, 0.5) is 0 Å². The minimum atomic E-state index is -0.688. The quantitative estimate of drug-likeness (QED) is 0.627. The Morgan fingerprint density at radius 3 is 2.33 bits per heavy atom. The van der Waals surface area contributed by atoms with Gasteiger partial charge in [0.05, 0.1) is 0 Å². The zero-order chi connectivity index (χ0) is 4.99. The van der Waals surface area contributed by atoms with Crippen LogP contribution in [0.1, 0.15) is 6.42 Å². The van der Waals surface area contributed by atoms with Gasteiger partial charge in [-0.3, -0.25) is 0 Å². The van der Waals surface area contributed by atoms with Gasteiger partial charge < -0.3 is 0 Å². The Bertz CT molecular complexity index is 52.8. The molecule has 3 radical (unpaired) electrons. The maximum absolute atomic E-state index is 9.61. The molecule has 0 saturated carbocycles. The fourth-order valence-electron chi connectivity index (χ4n) is 0.107. The predicted octanol–water partition coefficient (Wildman–Crippen LogP) is 0.0479. The summed E-state index contributed by atoms with van der Waals surface area (Å²) in [7, 11) is 0. The molecule has 0 heterocycles. The van der Waals surface area contributed by atoms with Crippen molar-refractivity contribution < 1.29 is 9.90 Å². The van der Waals surface area contributed by atoms with Crippen molar-refractivity contribution in [2.75, 3.05) is 0 Å². The van der Waals surface area contributed by atoms with Crippen LogP contribution >= 0.6 is 0 Å². The molecule has 0 saturated heterocycles. The van der Waals surface area contributed by atoms with Gasteiger partial charge in [-0.2, -0.15) is 0 Å². The Labute approximate surface area is 49.6 Å². The summed E-state index contributed by atoms with van der Waals surface area (Å²) in [5, 5.41) is 7.93. The van der Waals surface area contributed by atoms with Crippen molar-refractivity contribution in [3.63, 3.8) is 0 Å². The molecule has 1 N–H and O–H groups in total. The SMILES string of the molecule is O=C(O)C[CH2][Sn]. The molecule has 0 rings (SSSR count). The number of hydrogen-bond donors (Lipinski definition) is 1. The third kappa shape index (κ3) is 4.27. The number of aliphatic carboxylic acids is 1. The van der Waals surface area contributed by atoms with Crippen molar-refractivity contribution >= 4 is 28.5 Å².